The van der Waals surface area contributed by atoms with Crippen LogP contribution >= 0.6 is 0 Å². The van der Waals surface area contributed by atoms with Crippen molar-refractivity contribution in [1.82, 2.24) is 19.1 Å². The highest BCUT2D eigenvalue weighted by Gasteiger charge is 2.21. The van der Waals surface area contributed by atoms with Crippen molar-refractivity contribution < 1.29 is 0 Å². The lowest BCUT2D eigenvalue weighted by Gasteiger charge is -2.16. The first-order valence-electron chi connectivity index (χ1n) is 19.8. The van der Waals surface area contributed by atoms with E-state index in [0.717, 1.165) is 55.2 Å². The monoisotopic (exact) mass is 738 g/mol. The maximum atomic E-state index is 5.55. The zero-order chi connectivity index (χ0) is 38.2. The second-order valence-electron chi connectivity index (χ2n) is 15.0. The Labute approximate surface area is 334 Å². The van der Waals surface area contributed by atoms with Crippen LogP contribution in [0.4, 0.5) is 0 Å². The van der Waals surface area contributed by atoms with E-state index in [1.807, 2.05) is 0 Å². The fourth-order valence-corrected chi connectivity index (χ4v) is 9.14. The Bertz CT molecular complexity index is 3500. The van der Waals surface area contributed by atoms with Gasteiger partial charge in [0.1, 0.15) is 0 Å². The molecule has 0 aliphatic carbocycles. The third kappa shape index (κ3) is 4.95. The molecule has 0 atom stereocenters. The summed E-state index contributed by atoms with van der Waals surface area (Å²) in [6.07, 6.45) is 0. The zero-order valence-corrected chi connectivity index (χ0v) is 31.4. The third-order valence-electron chi connectivity index (χ3n) is 11.7. The van der Waals surface area contributed by atoms with E-state index in [4.69, 9.17) is 9.97 Å². The molecule has 12 aromatic rings. The van der Waals surface area contributed by atoms with Gasteiger partial charge in [-0.25, -0.2) is 9.97 Å². The van der Waals surface area contributed by atoms with E-state index < -0.39 is 0 Å². The standard InChI is InChI=1S/C54H34N4/c1-2-14-35(15-3-1)36-28-30-37(31-29-36)40-22-12-16-38-17-13-23-45(52(38)40)53-44-21-4-8-24-47(44)55-54(56-53)58-50-27-11-7-20-43(50)46-34-39(32-33-51(46)58)57-48-25-9-5-18-41(48)42-19-6-10-26-49(42)57/h1-34H. The lowest BCUT2D eigenvalue weighted by molar-refractivity contribution is 1.01. The summed E-state index contributed by atoms with van der Waals surface area (Å²) in [7, 11) is 0. The van der Waals surface area contributed by atoms with E-state index >= 15 is 0 Å². The second kappa shape index (κ2) is 12.9. The van der Waals surface area contributed by atoms with Gasteiger partial charge in [-0.3, -0.25) is 4.57 Å². The van der Waals surface area contributed by atoms with Gasteiger partial charge in [-0.2, -0.15) is 0 Å². The molecular formula is C54H34N4. The fourth-order valence-electron chi connectivity index (χ4n) is 9.14. The van der Waals surface area contributed by atoms with Crippen LogP contribution in [0.25, 0.3) is 110 Å². The summed E-state index contributed by atoms with van der Waals surface area (Å²) >= 11 is 0. The molecule has 0 radical (unpaired) electrons. The Balaban J connectivity index is 1.08. The van der Waals surface area contributed by atoms with Gasteiger partial charge in [0.05, 0.1) is 33.3 Å². The van der Waals surface area contributed by atoms with Crippen LogP contribution in [0.5, 0.6) is 0 Å². The van der Waals surface area contributed by atoms with Crippen molar-refractivity contribution in [1.29, 1.82) is 0 Å². The molecule has 0 saturated heterocycles. The number of fused-ring (bicyclic) bond motifs is 8. The fraction of sp³-hybridized carbons (Fsp3) is 0. The van der Waals surface area contributed by atoms with E-state index in [0.29, 0.717) is 5.95 Å². The van der Waals surface area contributed by atoms with Crippen LogP contribution < -0.4 is 0 Å². The van der Waals surface area contributed by atoms with Crippen LogP contribution in [0.2, 0.25) is 0 Å². The van der Waals surface area contributed by atoms with E-state index in [9.17, 15) is 0 Å². The van der Waals surface area contributed by atoms with E-state index in [1.165, 1.54) is 49.3 Å². The van der Waals surface area contributed by atoms with E-state index in [2.05, 4.69) is 215 Å². The van der Waals surface area contributed by atoms with Gasteiger partial charge in [0.2, 0.25) is 5.95 Å². The van der Waals surface area contributed by atoms with Crippen LogP contribution in [0.15, 0.2) is 206 Å². The lowest BCUT2D eigenvalue weighted by atomic mass is 9.91. The molecule has 270 valence electrons. The Morgan fingerprint density at radius 1 is 0.328 bits per heavy atom. The van der Waals surface area contributed by atoms with Crippen LogP contribution in [0.3, 0.4) is 0 Å². The number of benzene rings is 9. The summed E-state index contributed by atoms with van der Waals surface area (Å²) in [6.45, 7) is 0. The molecule has 9 aromatic carbocycles. The summed E-state index contributed by atoms with van der Waals surface area (Å²) in [6, 6.07) is 73.8. The smallest absolute Gasteiger partial charge is 0.235 e. The van der Waals surface area contributed by atoms with E-state index in [-0.39, 0.29) is 0 Å². The van der Waals surface area contributed by atoms with Gasteiger partial charge in [0, 0.05) is 38.2 Å². The minimum atomic E-state index is 0.645. The largest absolute Gasteiger partial charge is 0.309 e. The topological polar surface area (TPSA) is 35.6 Å². The van der Waals surface area contributed by atoms with Crippen LogP contribution in [0.1, 0.15) is 0 Å². The van der Waals surface area contributed by atoms with Crippen molar-refractivity contribution in [2.45, 2.75) is 0 Å². The summed E-state index contributed by atoms with van der Waals surface area (Å²) in [4.78, 5) is 10.9. The number of para-hydroxylation sites is 4. The highest BCUT2D eigenvalue weighted by atomic mass is 15.2. The SMILES string of the molecule is c1ccc(-c2ccc(-c3cccc4cccc(-c5nc(-n6c7ccccc7c7cc(-n8c9ccccc9c9ccccc98)ccc76)nc6ccccc56)c34)cc2)cc1. The van der Waals surface area contributed by atoms with Crippen LogP contribution in [-0.2, 0) is 0 Å². The molecule has 4 nitrogen and oxygen atoms in total. The van der Waals surface area contributed by atoms with Crippen LogP contribution in [0, 0.1) is 0 Å². The number of rotatable bonds is 5. The molecule has 4 heteroatoms. The third-order valence-corrected chi connectivity index (χ3v) is 11.7. The predicted octanol–water partition coefficient (Wildman–Crippen LogP) is 14.0. The van der Waals surface area contributed by atoms with Gasteiger partial charge in [-0.05, 0) is 75.5 Å². The normalized spacial score (nSPS) is 11.8. The molecule has 0 spiro atoms. The van der Waals surface area contributed by atoms with Crippen molar-refractivity contribution in [3.63, 3.8) is 0 Å². The molecule has 0 aliphatic heterocycles. The highest BCUT2D eigenvalue weighted by molar-refractivity contribution is 6.13. The molecule has 0 amide bonds. The predicted molar refractivity (Wildman–Crippen MR) is 242 cm³/mol. The Hall–Kier alpha value is -7.82. The Morgan fingerprint density at radius 3 is 1.57 bits per heavy atom. The Kier molecular flexibility index (Phi) is 7.20. The quantitative estimate of drug-likeness (QED) is 0.176. The van der Waals surface area contributed by atoms with Crippen molar-refractivity contribution in [3.8, 4) is 45.1 Å². The molecule has 0 aliphatic rings. The molecule has 58 heavy (non-hydrogen) atoms. The second-order valence-corrected chi connectivity index (χ2v) is 15.0. The molecule has 12 rings (SSSR count). The number of hydrogen-bond donors (Lipinski definition) is 0. The average Bonchev–Trinajstić information content (AvgIpc) is 3.81. The van der Waals surface area contributed by atoms with Crippen molar-refractivity contribution >= 4 is 65.3 Å². The van der Waals surface area contributed by atoms with Crippen molar-refractivity contribution in [3.05, 3.63) is 206 Å². The number of aromatic nitrogens is 4. The molecule has 0 fully saturated rings. The van der Waals surface area contributed by atoms with Crippen LogP contribution in [-0.4, -0.2) is 19.1 Å². The van der Waals surface area contributed by atoms with Gasteiger partial charge in [-0.1, -0.05) is 164 Å². The summed E-state index contributed by atoms with van der Waals surface area (Å²) in [5.41, 5.74) is 13.3. The molecule has 0 N–H and O–H groups in total. The first kappa shape index (κ1) is 32.4. The Morgan fingerprint density at radius 2 is 0.862 bits per heavy atom. The van der Waals surface area contributed by atoms with Gasteiger partial charge in [-0.15, -0.1) is 0 Å². The molecule has 0 unspecified atom stereocenters. The maximum Gasteiger partial charge on any atom is 0.235 e. The van der Waals surface area contributed by atoms with E-state index in [1.54, 1.807) is 0 Å². The number of nitrogens with zero attached hydrogens (tertiary/aromatic N) is 4. The average molecular weight is 739 g/mol. The van der Waals surface area contributed by atoms with Gasteiger partial charge >= 0.3 is 0 Å². The van der Waals surface area contributed by atoms with Gasteiger partial charge in [0.15, 0.2) is 0 Å². The summed E-state index contributed by atoms with van der Waals surface area (Å²) in [5.74, 6) is 0.645. The minimum absolute atomic E-state index is 0.645. The zero-order valence-electron chi connectivity index (χ0n) is 31.4. The molecule has 0 bridgehead atoms. The van der Waals surface area contributed by atoms with Crippen molar-refractivity contribution in [2.24, 2.45) is 0 Å². The maximum absolute atomic E-state index is 5.55. The first-order valence-corrected chi connectivity index (χ1v) is 19.8. The molecule has 0 saturated carbocycles. The summed E-state index contributed by atoms with van der Waals surface area (Å²) in [5, 5.41) is 8.16. The molecule has 3 aromatic heterocycles. The van der Waals surface area contributed by atoms with Gasteiger partial charge < -0.3 is 4.57 Å². The first-order chi connectivity index (χ1) is 28.8. The summed E-state index contributed by atoms with van der Waals surface area (Å²) < 4.78 is 4.62. The molecular weight excluding hydrogens is 705 g/mol. The van der Waals surface area contributed by atoms with Crippen molar-refractivity contribution in [2.75, 3.05) is 0 Å². The molecule has 3 heterocycles. The highest BCUT2D eigenvalue weighted by Crippen LogP contribution is 2.41. The minimum Gasteiger partial charge on any atom is -0.309 e. The van der Waals surface area contributed by atoms with Gasteiger partial charge in [0.25, 0.3) is 0 Å². The number of hydrogen-bond acceptors (Lipinski definition) is 2. The lowest BCUT2D eigenvalue weighted by Crippen LogP contribution is -2.04.